The van der Waals surface area contributed by atoms with Gasteiger partial charge < -0.3 is 15.4 Å². The number of para-hydroxylation sites is 1. The Bertz CT molecular complexity index is 607. The molecule has 0 bridgehead atoms. The topological polar surface area (TPSA) is 67.4 Å². The monoisotopic (exact) mass is 346 g/mol. The van der Waals surface area contributed by atoms with Crippen molar-refractivity contribution in [3.05, 3.63) is 29.8 Å². The summed E-state index contributed by atoms with van der Waals surface area (Å²) in [5, 5.41) is 5.74. The van der Waals surface area contributed by atoms with Crippen molar-refractivity contribution in [3.63, 3.8) is 0 Å². The van der Waals surface area contributed by atoms with Crippen LogP contribution in [0, 0.1) is 12.8 Å². The molecule has 5 nitrogen and oxygen atoms in total. The SMILES string of the molecule is CNC(=O)C1(NC(=O)[C@@H](Oc2ccccc2C)C(C)C)CCCCC1. The zero-order valence-corrected chi connectivity index (χ0v) is 15.7. The van der Waals surface area contributed by atoms with Crippen LogP contribution < -0.4 is 15.4 Å². The molecule has 1 aromatic carbocycles. The van der Waals surface area contributed by atoms with Gasteiger partial charge in [-0.1, -0.05) is 51.3 Å². The molecule has 1 fully saturated rings. The smallest absolute Gasteiger partial charge is 0.262 e. The molecule has 1 aromatic rings. The number of amides is 2. The summed E-state index contributed by atoms with van der Waals surface area (Å²) in [5.74, 6) is 0.363. The van der Waals surface area contributed by atoms with Crippen molar-refractivity contribution in [1.29, 1.82) is 0 Å². The number of rotatable bonds is 6. The fourth-order valence-corrected chi connectivity index (χ4v) is 3.43. The molecule has 138 valence electrons. The van der Waals surface area contributed by atoms with Crippen LogP contribution in [0.15, 0.2) is 24.3 Å². The van der Waals surface area contributed by atoms with Crippen molar-refractivity contribution in [2.45, 2.75) is 64.5 Å². The summed E-state index contributed by atoms with van der Waals surface area (Å²) >= 11 is 0. The van der Waals surface area contributed by atoms with Crippen molar-refractivity contribution in [1.82, 2.24) is 10.6 Å². The van der Waals surface area contributed by atoms with E-state index in [2.05, 4.69) is 10.6 Å². The first-order valence-electron chi connectivity index (χ1n) is 9.16. The molecule has 5 heteroatoms. The molecular formula is C20H30N2O3. The number of likely N-dealkylation sites (N-methyl/N-ethyl adjacent to an activating group) is 1. The van der Waals surface area contributed by atoms with Crippen LogP contribution >= 0.6 is 0 Å². The second-order valence-corrected chi connectivity index (χ2v) is 7.26. The maximum Gasteiger partial charge on any atom is 0.262 e. The Labute approximate surface area is 150 Å². The van der Waals surface area contributed by atoms with Crippen molar-refractivity contribution in [3.8, 4) is 5.75 Å². The van der Waals surface area contributed by atoms with Crippen molar-refractivity contribution < 1.29 is 14.3 Å². The Hall–Kier alpha value is -2.04. The lowest BCUT2D eigenvalue weighted by Crippen LogP contribution is -2.61. The predicted octanol–water partition coefficient (Wildman–Crippen LogP) is 2.96. The average molecular weight is 346 g/mol. The highest BCUT2D eigenvalue weighted by molar-refractivity contribution is 5.93. The van der Waals surface area contributed by atoms with Gasteiger partial charge in [0.1, 0.15) is 11.3 Å². The number of hydrogen-bond donors (Lipinski definition) is 2. The Kier molecular flexibility index (Phi) is 6.45. The van der Waals surface area contributed by atoms with Crippen LogP contribution in [-0.2, 0) is 9.59 Å². The minimum absolute atomic E-state index is 0.00932. The Morgan fingerprint density at radius 3 is 2.32 bits per heavy atom. The quantitative estimate of drug-likeness (QED) is 0.832. The van der Waals surface area contributed by atoms with Crippen LogP contribution in [0.4, 0.5) is 0 Å². The molecular weight excluding hydrogens is 316 g/mol. The lowest BCUT2D eigenvalue weighted by atomic mass is 9.80. The predicted molar refractivity (Wildman–Crippen MR) is 98.5 cm³/mol. The first-order valence-corrected chi connectivity index (χ1v) is 9.16. The van der Waals surface area contributed by atoms with Crippen LogP contribution in [0.1, 0.15) is 51.5 Å². The normalized spacial score (nSPS) is 17.6. The van der Waals surface area contributed by atoms with Gasteiger partial charge in [-0.15, -0.1) is 0 Å². The second kappa shape index (κ2) is 8.37. The zero-order valence-electron chi connectivity index (χ0n) is 15.7. The largest absolute Gasteiger partial charge is 0.480 e. The van der Waals surface area contributed by atoms with E-state index in [4.69, 9.17) is 4.74 Å². The minimum Gasteiger partial charge on any atom is -0.480 e. The molecule has 0 heterocycles. The van der Waals surface area contributed by atoms with Crippen LogP contribution in [0.3, 0.4) is 0 Å². The van der Waals surface area contributed by atoms with Crippen LogP contribution in [-0.4, -0.2) is 30.5 Å². The molecule has 2 N–H and O–H groups in total. The minimum atomic E-state index is -0.813. The van der Waals surface area contributed by atoms with Gasteiger partial charge in [-0.3, -0.25) is 9.59 Å². The maximum atomic E-state index is 13.0. The Morgan fingerprint density at radius 2 is 1.76 bits per heavy atom. The van der Waals surface area contributed by atoms with E-state index in [0.29, 0.717) is 18.6 Å². The van der Waals surface area contributed by atoms with Crippen molar-refractivity contribution in [2.24, 2.45) is 5.92 Å². The summed E-state index contributed by atoms with van der Waals surface area (Å²) in [4.78, 5) is 25.4. The van der Waals surface area contributed by atoms with Crippen molar-refractivity contribution >= 4 is 11.8 Å². The van der Waals surface area contributed by atoms with Gasteiger partial charge in [-0.05, 0) is 37.3 Å². The van der Waals surface area contributed by atoms with Crippen LogP contribution in [0.2, 0.25) is 0 Å². The molecule has 1 saturated carbocycles. The highest BCUT2D eigenvalue weighted by atomic mass is 16.5. The number of carbonyl (C=O) groups excluding carboxylic acids is 2. The maximum absolute atomic E-state index is 13.0. The van der Waals surface area contributed by atoms with E-state index in [1.54, 1.807) is 7.05 Å². The summed E-state index contributed by atoms with van der Waals surface area (Å²) in [7, 11) is 1.62. The number of nitrogens with one attached hydrogen (secondary N) is 2. The molecule has 25 heavy (non-hydrogen) atoms. The van der Waals surface area contributed by atoms with Gasteiger partial charge >= 0.3 is 0 Å². The van der Waals surface area contributed by atoms with E-state index in [0.717, 1.165) is 24.8 Å². The molecule has 1 aliphatic carbocycles. The first-order chi connectivity index (χ1) is 11.9. The third-order valence-electron chi connectivity index (χ3n) is 4.94. The van der Waals surface area contributed by atoms with Gasteiger partial charge in [0.05, 0.1) is 0 Å². The van der Waals surface area contributed by atoms with Gasteiger partial charge in [0.2, 0.25) is 5.91 Å². The van der Waals surface area contributed by atoms with E-state index in [-0.39, 0.29) is 17.7 Å². The fourth-order valence-electron chi connectivity index (χ4n) is 3.43. The van der Waals surface area contributed by atoms with Crippen LogP contribution in [0.5, 0.6) is 5.75 Å². The first kappa shape index (κ1) is 19.3. The molecule has 0 radical (unpaired) electrons. The highest BCUT2D eigenvalue weighted by Gasteiger charge is 2.42. The standard InChI is InChI=1S/C20H30N2O3/c1-14(2)17(25-16-11-7-6-10-15(16)3)18(23)22-20(19(24)21-4)12-8-5-9-13-20/h6-7,10-11,14,17H,5,8-9,12-13H2,1-4H3,(H,21,24)(H,22,23)/t17-/m0/s1. The Morgan fingerprint density at radius 1 is 1.12 bits per heavy atom. The van der Waals surface area contributed by atoms with E-state index in [1.807, 2.05) is 45.0 Å². The van der Waals surface area contributed by atoms with Gasteiger partial charge in [0.15, 0.2) is 6.10 Å². The van der Waals surface area contributed by atoms with Gasteiger partial charge in [-0.25, -0.2) is 0 Å². The van der Waals surface area contributed by atoms with E-state index >= 15 is 0 Å². The summed E-state index contributed by atoms with van der Waals surface area (Å²) in [6.07, 6.45) is 3.70. The lowest BCUT2D eigenvalue weighted by molar-refractivity contribution is -0.139. The average Bonchev–Trinajstić information content (AvgIpc) is 2.60. The molecule has 0 saturated heterocycles. The lowest BCUT2D eigenvalue weighted by Gasteiger charge is -2.37. The summed E-state index contributed by atoms with van der Waals surface area (Å²) < 4.78 is 6.02. The molecule has 2 rings (SSSR count). The summed E-state index contributed by atoms with van der Waals surface area (Å²) in [5.41, 5.74) is 0.173. The summed E-state index contributed by atoms with van der Waals surface area (Å²) in [6.45, 7) is 5.86. The fraction of sp³-hybridized carbons (Fsp3) is 0.600. The van der Waals surface area contributed by atoms with Gasteiger partial charge in [0.25, 0.3) is 5.91 Å². The molecule has 0 aliphatic heterocycles. The van der Waals surface area contributed by atoms with E-state index in [1.165, 1.54) is 0 Å². The highest BCUT2D eigenvalue weighted by Crippen LogP contribution is 2.29. The molecule has 0 aromatic heterocycles. The molecule has 0 unspecified atom stereocenters. The third kappa shape index (κ3) is 4.53. The van der Waals surface area contributed by atoms with E-state index < -0.39 is 11.6 Å². The molecule has 1 aliphatic rings. The van der Waals surface area contributed by atoms with Crippen LogP contribution in [0.25, 0.3) is 0 Å². The van der Waals surface area contributed by atoms with Gasteiger partial charge in [0, 0.05) is 7.05 Å². The molecule has 1 atom stereocenters. The zero-order chi connectivity index (χ0) is 18.4. The molecule has 2 amide bonds. The van der Waals surface area contributed by atoms with Crippen molar-refractivity contribution in [2.75, 3.05) is 7.05 Å². The molecule has 0 spiro atoms. The Balaban J connectivity index is 2.18. The number of carbonyl (C=O) groups is 2. The number of ether oxygens (including phenoxy) is 1. The third-order valence-corrected chi connectivity index (χ3v) is 4.94. The second-order valence-electron chi connectivity index (χ2n) is 7.26. The van der Waals surface area contributed by atoms with E-state index in [9.17, 15) is 9.59 Å². The number of aryl methyl sites for hydroxylation is 1. The van der Waals surface area contributed by atoms with Gasteiger partial charge in [-0.2, -0.15) is 0 Å². The summed E-state index contributed by atoms with van der Waals surface area (Å²) in [6, 6.07) is 7.66. The number of hydrogen-bond acceptors (Lipinski definition) is 3. The number of benzene rings is 1.